The number of nitrogens with one attached hydrogen (secondary N) is 2. The van der Waals surface area contributed by atoms with Gasteiger partial charge in [-0.2, -0.15) is 5.26 Å². The fraction of sp³-hybridized carbons (Fsp3) is 0.444. The van der Waals surface area contributed by atoms with E-state index in [0.717, 1.165) is 24.9 Å². The Bertz CT molecular complexity index is 1330. The van der Waals surface area contributed by atoms with Crippen LogP contribution in [0, 0.1) is 17.1 Å². The van der Waals surface area contributed by atoms with Crippen LogP contribution in [0.2, 0.25) is 0 Å². The molecule has 1 aliphatic rings. The van der Waals surface area contributed by atoms with Crippen LogP contribution >= 0.6 is 0 Å². The first-order chi connectivity index (χ1) is 17.9. The lowest BCUT2D eigenvalue weighted by atomic mass is 10.00. The van der Waals surface area contributed by atoms with E-state index in [-0.39, 0.29) is 12.3 Å². The van der Waals surface area contributed by atoms with Crippen molar-refractivity contribution in [2.45, 2.75) is 38.0 Å². The predicted octanol–water partition coefficient (Wildman–Crippen LogP) is 2.28. The molecule has 9 nitrogen and oxygen atoms in total. The SMILES string of the molecule is CN(C)CCn1c(=O)oc2ccc(-c3ccc(CC(C#N)NC(=O)C4CNCCCCO4)c(F)c3)cc21. The highest BCUT2D eigenvalue weighted by Gasteiger charge is 2.23. The summed E-state index contributed by atoms with van der Waals surface area (Å²) in [7, 11) is 3.85. The minimum absolute atomic E-state index is 0.0271. The summed E-state index contributed by atoms with van der Waals surface area (Å²) in [5.41, 5.74) is 2.80. The van der Waals surface area contributed by atoms with E-state index in [4.69, 9.17) is 9.15 Å². The minimum atomic E-state index is -0.893. The Labute approximate surface area is 214 Å². The number of likely N-dealkylation sites (N-methyl/N-ethyl adjacent to an activating group) is 1. The van der Waals surface area contributed by atoms with E-state index in [2.05, 4.69) is 10.6 Å². The minimum Gasteiger partial charge on any atom is -0.408 e. The van der Waals surface area contributed by atoms with Crippen molar-refractivity contribution < 1.29 is 18.3 Å². The van der Waals surface area contributed by atoms with Crippen LogP contribution < -0.4 is 16.4 Å². The number of oxazole rings is 1. The van der Waals surface area contributed by atoms with Gasteiger partial charge in [0.1, 0.15) is 18.0 Å². The Hall–Kier alpha value is -3.52. The number of fused-ring (bicyclic) bond motifs is 1. The van der Waals surface area contributed by atoms with Crippen LogP contribution in [0.1, 0.15) is 18.4 Å². The monoisotopic (exact) mass is 509 g/mol. The van der Waals surface area contributed by atoms with Crippen LogP contribution in [0.5, 0.6) is 0 Å². The summed E-state index contributed by atoms with van der Waals surface area (Å²) in [6.07, 6.45) is 1.18. The van der Waals surface area contributed by atoms with E-state index in [0.29, 0.717) is 48.5 Å². The molecule has 196 valence electrons. The number of halogens is 1. The van der Waals surface area contributed by atoms with Gasteiger partial charge in [0.25, 0.3) is 5.91 Å². The number of hydrogen-bond acceptors (Lipinski definition) is 7. The Morgan fingerprint density at radius 1 is 1.27 bits per heavy atom. The van der Waals surface area contributed by atoms with Crippen LogP contribution in [0.3, 0.4) is 0 Å². The van der Waals surface area contributed by atoms with Gasteiger partial charge in [-0.3, -0.25) is 9.36 Å². The van der Waals surface area contributed by atoms with Gasteiger partial charge in [-0.25, -0.2) is 9.18 Å². The lowest BCUT2D eigenvalue weighted by molar-refractivity contribution is -0.133. The topological polar surface area (TPSA) is 113 Å². The van der Waals surface area contributed by atoms with Gasteiger partial charge in [0.2, 0.25) is 0 Å². The third kappa shape index (κ3) is 6.63. The van der Waals surface area contributed by atoms with Gasteiger partial charge < -0.3 is 24.7 Å². The Morgan fingerprint density at radius 3 is 2.81 bits per heavy atom. The van der Waals surface area contributed by atoms with Crippen LogP contribution in [0.25, 0.3) is 22.2 Å². The Morgan fingerprint density at radius 2 is 2.05 bits per heavy atom. The molecule has 4 rings (SSSR count). The van der Waals surface area contributed by atoms with Crippen molar-refractivity contribution in [1.29, 1.82) is 5.26 Å². The zero-order chi connectivity index (χ0) is 26.4. The fourth-order valence-corrected chi connectivity index (χ4v) is 4.30. The molecule has 0 radical (unpaired) electrons. The first-order valence-electron chi connectivity index (χ1n) is 12.4. The number of amides is 1. The maximum Gasteiger partial charge on any atom is 0.419 e. The van der Waals surface area contributed by atoms with Crippen molar-refractivity contribution in [3.63, 3.8) is 0 Å². The summed E-state index contributed by atoms with van der Waals surface area (Å²) in [4.78, 5) is 26.9. The maximum absolute atomic E-state index is 15.1. The molecule has 2 N–H and O–H groups in total. The molecule has 2 unspecified atom stereocenters. The average molecular weight is 510 g/mol. The maximum atomic E-state index is 15.1. The molecule has 0 aliphatic carbocycles. The van der Waals surface area contributed by atoms with Crippen LogP contribution in [-0.4, -0.2) is 67.9 Å². The number of hydrogen-bond donors (Lipinski definition) is 2. The summed E-state index contributed by atoms with van der Waals surface area (Å²) in [6, 6.07) is 11.2. The second-order valence-corrected chi connectivity index (χ2v) is 9.48. The molecule has 10 heteroatoms. The summed E-state index contributed by atoms with van der Waals surface area (Å²) in [6.45, 7) is 2.81. The third-order valence-electron chi connectivity index (χ3n) is 6.41. The van der Waals surface area contributed by atoms with Gasteiger partial charge in [0, 0.05) is 32.7 Å². The number of benzene rings is 2. The van der Waals surface area contributed by atoms with E-state index in [1.165, 1.54) is 6.07 Å². The molecule has 0 saturated carbocycles. The molecule has 37 heavy (non-hydrogen) atoms. The Kier molecular flexibility index (Phi) is 8.71. The van der Waals surface area contributed by atoms with E-state index in [9.17, 15) is 14.9 Å². The number of aromatic nitrogens is 1. The highest BCUT2D eigenvalue weighted by atomic mass is 19.1. The summed E-state index contributed by atoms with van der Waals surface area (Å²) in [5, 5.41) is 15.4. The lowest BCUT2D eigenvalue weighted by Gasteiger charge is -2.22. The molecular weight excluding hydrogens is 477 g/mol. The van der Waals surface area contributed by atoms with Gasteiger partial charge in [-0.1, -0.05) is 18.2 Å². The molecule has 3 aromatic rings. The molecule has 1 amide bonds. The van der Waals surface area contributed by atoms with Crippen molar-refractivity contribution in [1.82, 2.24) is 20.1 Å². The summed E-state index contributed by atoms with van der Waals surface area (Å²) < 4.78 is 27.6. The van der Waals surface area contributed by atoms with Gasteiger partial charge >= 0.3 is 5.76 Å². The molecule has 2 heterocycles. The molecule has 1 saturated heterocycles. The highest BCUT2D eigenvalue weighted by molar-refractivity contribution is 5.82. The zero-order valence-corrected chi connectivity index (χ0v) is 21.1. The third-order valence-corrected chi connectivity index (χ3v) is 6.41. The second-order valence-electron chi connectivity index (χ2n) is 9.48. The molecule has 0 bridgehead atoms. The molecule has 0 spiro atoms. The van der Waals surface area contributed by atoms with Gasteiger partial charge in [-0.05, 0) is 68.4 Å². The van der Waals surface area contributed by atoms with Gasteiger partial charge in [0.15, 0.2) is 5.58 Å². The standard InChI is InChI=1S/C27H32FN5O4/c1-32(2)10-11-33-23-15-19(7-8-24(23)37-27(33)35)18-5-6-20(22(28)14-18)13-21(16-29)31-26(34)25-17-30-9-3-4-12-36-25/h5-8,14-15,21,25,30H,3-4,9-13,17H2,1-2H3,(H,31,34). The van der Waals surface area contributed by atoms with E-state index in [1.54, 1.807) is 28.8 Å². The largest absolute Gasteiger partial charge is 0.419 e. The number of carbonyl (C=O) groups excluding carboxylic acids is 1. The molecular formula is C27H32FN5O4. The normalized spacial score (nSPS) is 17.2. The highest BCUT2D eigenvalue weighted by Crippen LogP contribution is 2.26. The molecule has 1 fully saturated rings. The van der Waals surface area contributed by atoms with Crippen molar-refractivity contribution in [3.8, 4) is 17.2 Å². The van der Waals surface area contributed by atoms with Gasteiger partial charge in [0.05, 0.1) is 11.6 Å². The number of rotatable bonds is 8. The van der Waals surface area contributed by atoms with E-state index >= 15 is 4.39 Å². The van der Waals surface area contributed by atoms with Crippen LogP contribution in [0.4, 0.5) is 4.39 Å². The summed E-state index contributed by atoms with van der Waals surface area (Å²) in [5.74, 6) is -1.29. The number of nitrogens with zero attached hydrogens (tertiary/aromatic N) is 3. The van der Waals surface area contributed by atoms with Crippen molar-refractivity contribution in [2.75, 3.05) is 40.3 Å². The fourth-order valence-electron chi connectivity index (χ4n) is 4.30. The molecule has 2 atom stereocenters. The van der Waals surface area contributed by atoms with Crippen molar-refractivity contribution >= 4 is 17.0 Å². The molecule has 1 aromatic heterocycles. The average Bonchev–Trinajstić information content (AvgIpc) is 3.17. The van der Waals surface area contributed by atoms with Crippen LogP contribution in [0.15, 0.2) is 45.6 Å². The molecule has 1 aliphatic heterocycles. The second kappa shape index (κ2) is 12.1. The number of nitriles is 1. The number of ether oxygens (including phenoxy) is 1. The summed E-state index contributed by atoms with van der Waals surface area (Å²) >= 11 is 0. The van der Waals surface area contributed by atoms with E-state index in [1.807, 2.05) is 31.1 Å². The lowest BCUT2D eigenvalue weighted by Crippen LogP contribution is -2.47. The Balaban J connectivity index is 1.48. The van der Waals surface area contributed by atoms with Crippen LogP contribution in [-0.2, 0) is 22.5 Å². The van der Waals surface area contributed by atoms with Gasteiger partial charge in [-0.15, -0.1) is 0 Å². The smallest absolute Gasteiger partial charge is 0.408 e. The zero-order valence-electron chi connectivity index (χ0n) is 21.1. The quantitative estimate of drug-likeness (QED) is 0.479. The first kappa shape index (κ1) is 26.5. The predicted molar refractivity (Wildman–Crippen MR) is 138 cm³/mol. The number of carbonyl (C=O) groups is 1. The van der Waals surface area contributed by atoms with Crippen molar-refractivity contribution in [2.24, 2.45) is 0 Å². The van der Waals surface area contributed by atoms with E-state index < -0.39 is 23.7 Å². The first-order valence-corrected chi connectivity index (χ1v) is 12.4. The molecule has 2 aromatic carbocycles. The van der Waals surface area contributed by atoms with Crippen molar-refractivity contribution in [3.05, 3.63) is 58.3 Å².